The third-order valence-corrected chi connectivity index (χ3v) is 4.24. The van der Waals surface area contributed by atoms with Crippen LogP contribution in [0.5, 0.6) is 0 Å². The van der Waals surface area contributed by atoms with E-state index in [0.29, 0.717) is 5.92 Å². The first-order chi connectivity index (χ1) is 9.40. The van der Waals surface area contributed by atoms with Crippen molar-refractivity contribution in [2.45, 2.75) is 19.0 Å². The predicted molar refractivity (Wildman–Crippen MR) is 75.2 cm³/mol. The second kappa shape index (κ2) is 4.38. The average Bonchev–Trinajstić information content (AvgIpc) is 3.06. The maximum absolute atomic E-state index is 4.43. The fourth-order valence-electron chi connectivity index (χ4n) is 3.21. The van der Waals surface area contributed by atoms with Crippen LogP contribution in [0, 0.1) is 0 Å². The van der Waals surface area contributed by atoms with E-state index in [1.807, 2.05) is 6.20 Å². The van der Waals surface area contributed by atoms with E-state index in [1.54, 1.807) is 0 Å². The molecule has 4 rings (SSSR count). The summed E-state index contributed by atoms with van der Waals surface area (Å²) in [5.41, 5.74) is 2.78. The number of hydrogen-bond donors (Lipinski definition) is 1. The smallest absolute Gasteiger partial charge is 0.122 e. The number of fused-ring (bicyclic) bond motifs is 2. The molecule has 1 aromatic carbocycles. The van der Waals surface area contributed by atoms with Gasteiger partial charge < -0.3 is 9.88 Å². The summed E-state index contributed by atoms with van der Waals surface area (Å²) >= 11 is 0. The number of anilines is 1. The van der Waals surface area contributed by atoms with Gasteiger partial charge in [-0.3, -0.25) is 4.90 Å². The molecule has 2 aliphatic rings. The minimum atomic E-state index is 0.609. The van der Waals surface area contributed by atoms with Gasteiger partial charge in [0.2, 0.25) is 0 Å². The molecule has 1 aromatic heterocycles. The van der Waals surface area contributed by atoms with Crippen molar-refractivity contribution >= 4 is 5.69 Å². The van der Waals surface area contributed by atoms with Gasteiger partial charge in [-0.2, -0.15) is 0 Å². The molecule has 0 aliphatic carbocycles. The van der Waals surface area contributed by atoms with Crippen molar-refractivity contribution < 1.29 is 0 Å². The Bertz CT molecular complexity index is 589. The lowest BCUT2D eigenvalue weighted by atomic mass is 10.0. The molecule has 1 N–H and O–H groups in total. The van der Waals surface area contributed by atoms with E-state index >= 15 is 0 Å². The third kappa shape index (κ3) is 1.92. The highest BCUT2D eigenvalue weighted by atomic mass is 15.2. The van der Waals surface area contributed by atoms with Gasteiger partial charge in [-0.1, -0.05) is 18.2 Å². The fourth-order valence-corrected chi connectivity index (χ4v) is 3.21. The Kier molecular flexibility index (Phi) is 2.55. The normalized spacial score (nSPS) is 21.8. The molecular formula is C15H18N4. The molecule has 0 saturated carbocycles. The summed E-state index contributed by atoms with van der Waals surface area (Å²) in [6.07, 6.45) is 3.99. The molecule has 4 heteroatoms. The molecule has 0 bridgehead atoms. The van der Waals surface area contributed by atoms with Gasteiger partial charge in [-0.25, -0.2) is 4.98 Å². The summed E-state index contributed by atoms with van der Waals surface area (Å²) in [5, 5.41) is 3.51. The van der Waals surface area contributed by atoms with Crippen LogP contribution in [-0.2, 0) is 13.1 Å². The highest BCUT2D eigenvalue weighted by Crippen LogP contribution is 2.32. The van der Waals surface area contributed by atoms with E-state index in [4.69, 9.17) is 0 Å². The number of hydrogen-bond acceptors (Lipinski definition) is 3. The minimum absolute atomic E-state index is 0.609. The zero-order chi connectivity index (χ0) is 12.7. The number of imidazole rings is 1. The first-order valence-corrected chi connectivity index (χ1v) is 6.95. The summed E-state index contributed by atoms with van der Waals surface area (Å²) in [5.74, 6) is 1.81. The largest absolute Gasteiger partial charge is 0.384 e. The van der Waals surface area contributed by atoms with Crippen molar-refractivity contribution in [1.82, 2.24) is 14.5 Å². The van der Waals surface area contributed by atoms with Crippen LogP contribution in [0.3, 0.4) is 0 Å². The summed E-state index contributed by atoms with van der Waals surface area (Å²) < 4.78 is 2.26. The van der Waals surface area contributed by atoms with Crippen LogP contribution in [-0.4, -0.2) is 34.1 Å². The van der Waals surface area contributed by atoms with Crippen molar-refractivity contribution in [3.8, 4) is 0 Å². The monoisotopic (exact) mass is 254 g/mol. The summed E-state index contributed by atoms with van der Waals surface area (Å²) in [6, 6.07) is 8.68. The Balaban J connectivity index is 1.49. The van der Waals surface area contributed by atoms with E-state index in [2.05, 4.69) is 50.2 Å². The molecule has 0 fully saturated rings. The van der Waals surface area contributed by atoms with Gasteiger partial charge in [0.25, 0.3) is 0 Å². The first-order valence-electron chi connectivity index (χ1n) is 6.95. The number of aromatic nitrogens is 2. The molecule has 1 unspecified atom stereocenters. The number of nitrogens with zero attached hydrogens (tertiary/aromatic N) is 3. The first kappa shape index (κ1) is 11.1. The average molecular weight is 254 g/mol. The predicted octanol–water partition coefficient (Wildman–Crippen LogP) is 1.91. The molecule has 0 radical (unpaired) electrons. The van der Waals surface area contributed by atoms with Crippen LogP contribution in [0.15, 0.2) is 36.7 Å². The highest BCUT2D eigenvalue weighted by Gasteiger charge is 2.25. The Hall–Kier alpha value is -1.81. The maximum Gasteiger partial charge on any atom is 0.122 e. The Morgan fingerprint density at radius 1 is 1.26 bits per heavy atom. The van der Waals surface area contributed by atoms with Crippen LogP contribution in [0.25, 0.3) is 0 Å². The minimum Gasteiger partial charge on any atom is -0.384 e. The Morgan fingerprint density at radius 2 is 2.21 bits per heavy atom. The van der Waals surface area contributed by atoms with Gasteiger partial charge in [0, 0.05) is 50.2 Å². The van der Waals surface area contributed by atoms with Crippen LogP contribution < -0.4 is 5.32 Å². The van der Waals surface area contributed by atoms with E-state index in [1.165, 1.54) is 17.1 Å². The molecule has 19 heavy (non-hydrogen) atoms. The van der Waals surface area contributed by atoms with Gasteiger partial charge >= 0.3 is 0 Å². The van der Waals surface area contributed by atoms with Crippen LogP contribution >= 0.6 is 0 Å². The van der Waals surface area contributed by atoms with Gasteiger partial charge in [-0.05, 0) is 11.6 Å². The SMILES string of the molecule is c1ccc2c(c1)NCC2CN1CCn2ccnc2C1. The lowest BCUT2D eigenvalue weighted by Crippen LogP contribution is -2.36. The van der Waals surface area contributed by atoms with Crippen LogP contribution in [0.4, 0.5) is 5.69 Å². The molecular weight excluding hydrogens is 236 g/mol. The molecule has 4 nitrogen and oxygen atoms in total. The third-order valence-electron chi connectivity index (χ3n) is 4.24. The van der Waals surface area contributed by atoms with Crippen LogP contribution in [0.1, 0.15) is 17.3 Å². The van der Waals surface area contributed by atoms with Gasteiger partial charge in [0.05, 0.1) is 6.54 Å². The topological polar surface area (TPSA) is 33.1 Å². The Labute approximate surface area is 113 Å². The number of rotatable bonds is 2. The standard InChI is InChI=1S/C15H18N4/c1-2-4-14-13(3-1)12(9-17-14)10-18-7-8-19-6-5-16-15(19)11-18/h1-6,12,17H,7-11H2. The molecule has 2 aromatic rings. The zero-order valence-electron chi connectivity index (χ0n) is 10.9. The zero-order valence-corrected chi connectivity index (χ0v) is 10.9. The van der Waals surface area contributed by atoms with E-state index in [-0.39, 0.29) is 0 Å². The van der Waals surface area contributed by atoms with Crippen molar-refractivity contribution in [2.24, 2.45) is 0 Å². The van der Waals surface area contributed by atoms with Crippen molar-refractivity contribution in [3.63, 3.8) is 0 Å². The number of nitrogens with one attached hydrogen (secondary N) is 1. The van der Waals surface area contributed by atoms with Crippen molar-refractivity contribution in [2.75, 3.05) is 25.0 Å². The molecule has 1 atom stereocenters. The van der Waals surface area contributed by atoms with Gasteiger partial charge in [-0.15, -0.1) is 0 Å². The molecule has 98 valence electrons. The van der Waals surface area contributed by atoms with Gasteiger partial charge in [0.15, 0.2) is 0 Å². The van der Waals surface area contributed by atoms with E-state index in [9.17, 15) is 0 Å². The van der Waals surface area contributed by atoms with Crippen LogP contribution in [0.2, 0.25) is 0 Å². The fraction of sp³-hybridized carbons (Fsp3) is 0.400. The maximum atomic E-state index is 4.43. The highest BCUT2D eigenvalue weighted by molar-refractivity contribution is 5.57. The molecule has 2 aliphatic heterocycles. The van der Waals surface area contributed by atoms with Crippen molar-refractivity contribution in [1.29, 1.82) is 0 Å². The molecule has 0 amide bonds. The second-order valence-corrected chi connectivity index (χ2v) is 5.44. The van der Waals surface area contributed by atoms with E-state index < -0.39 is 0 Å². The number of para-hydroxylation sites is 1. The lowest BCUT2D eigenvalue weighted by Gasteiger charge is -2.29. The Morgan fingerprint density at radius 3 is 3.21 bits per heavy atom. The summed E-state index contributed by atoms with van der Waals surface area (Å²) in [7, 11) is 0. The molecule has 0 spiro atoms. The second-order valence-electron chi connectivity index (χ2n) is 5.44. The van der Waals surface area contributed by atoms with E-state index in [0.717, 1.165) is 32.7 Å². The lowest BCUT2D eigenvalue weighted by molar-refractivity contribution is 0.207. The summed E-state index contributed by atoms with van der Waals surface area (Å²) in [4.78, 5) is 6.96. The quantitative estimate of drug-likeness (QED) is 0.888. The molecule has 0 saturated heterocycles. The number of benzene rings is 1. The van der Waals surface area contributed by atoms with Gasteiger partial charge in [0.1, 0.15) is 5.82 Å². The van der Waals surface area contributed by atoms with Crippen molar-refractivity contribution in [3.05, 3.63) is 48.0 Å². The summed E-state index contributed by atoms with van der Waals surface area (Å²) in [6.45, 7) is 5.35. The molecule has 3 heterocycles.